The fraction of sp³-hybridized carbons (Fsp3) is 0.364. The summed E-state index contributed by atoms with van der Waals surface area (Å²) in [6, 6.07) is 8.28. The van der Waals surface area contributed by atoms with Crippen molar-refractivity contribution in [1.82, 2.24) is 4.90 Å². The van der Waals surface area contributed by atoms with E-state index in [0.29, 0.717) is 12.5 Å². The van der Waals surface area contributed by atoms with E-state index in [1.54, 1.807) is 0 Å². The van der Waals surface area contributed by atoms with Crippen LogP contribution in [0.15, 0.2) is 33.7 Å². The number of benzene rings is 1. The first-order valence-corrected chi connectivity index (χ1v) is 5.63. The van der Waals surface area contributed by atoms with Crippen molar-refractivity contribution in [3.05, 3.63) is 34.3 Å². The molecule has 0 bridgehead atoms. The summed E-state index contributed by atoms with van der Waals surface area (Å²) < 4.78 is 1.08. The molecular weight excluding hydrogens is 254 g/mol. The molecule has 0 spiro atoms. The van der Waals surface area contributed by atoms with Crippen molar-refractivity contribution in [2.24, 2.45) is 10.7 Å². The van der Waals surface area contributed by atoms with Crippen LogP contribution < -0.4 is 5.73 Å². The maximum Gasteiger partial charge on any atom is 0.191 e. The molecule has 2 rings (SSSR count). The zero-order chi connectivity index (χ0) is 11.1. The zero-order valence-electron chi connectivity index (χ0n) is 8.87. The van der Waals surface area contributed by atoms with Crippen molar-refractivity contribution in [1.29, 1.82) is 0 Å². The van der Waals surface area contributed by atoms with Crippen LogP contribution in [0.4, 0.5) is 0 Å². The Labute approximate surface area is 98.1 Å². The van der Waals surface area contributed by atoms with Gasteiger partial charge in [-0.05, 0) is 24.6 Å². The Morgan fingerprint density at radius 2 is 2.27 bits per heavy atom. The standard InChI is InChI=1S/C11H14BrN3/c1-11(7-14-10(13)15(11)2)8-4-3-5-9(12)6-8/h3-6H,7H2,1-2H3,(H2,13,14). The molecule has 0 saturated heterocycles. The summed E-state index contributed by atoms with van der Waals surface area (Å²) in [5.41, 5.74) is 6.90. The average molecular weight is 268 g/mol. The first-order valence-electron chi connectivity index (χ1n) is 4.84. The van der Waals surface area contributed by atoms with Crippen LogP contribution in [0.1, 0.15) is 12.5 Å². The highest BCUT2D eigenvalue weighted by molar-refractivity contribution is 9.10. The molecule has 0 aliphatic carbocycles. The largest absolute Gasteiger partial charge is 0.370 e. The third kappa shape index (κ3) is 1.63. The molecule has 1 aromatic rings. The molecule has 15 heavy (non-hydrogen) atoms. The number of aliphatic imine (C=N–C) groups is 1. The summed E-state index contributed by atoms with van der Waals surface area (Å²) in [5.74, 6) is 0.609. The minimum absolute atomic E-state index is 0.117. The molecule has 0 radical (unpaired) electrons. The van der Waals surface area contributed by atoms with Gasteiger partial charge in [-0.2, -0.15) is 0 Å². The Morgan fingerprint density at radius 1 is 1.53 bits per heavy atom. The summed E-state index contributed by atoms with van der Waals surface area (Å²) in [6.45, 7) is 2.86. The van der Waals surface area contributed by atoms with Gasteiger partial charge in [0, 0.05) is 11.5 Å². The Bertz CT molecular complexity index is 416. The van der Waals surface area contributed by atoms with Gasteiger partial charge in [0.15, 0.2) is 5.96 Å². The number of rotatable bonds is 1. The zero-order valence-corrected chi connectivity index (χ0v) is 10.5. The van der Waals surface area contributed by atoms with Gasteiger partial charge in [-0.3, -0.25) is 4.99 Å². The van der Waals surface area contributed by atoms with Crippen LogP contribution in [-0.2, 0) is 5.54 Å². The van der Waals surface area contributed by atoms with Gasteiger partial charge in [0.05, 0.1) is 12.1 Å². The molecule has 1 heterocycles. The number of hydrogen-bond donors (Lipinski definition) is 1. The molecular formula is C11H14BrN3. The maximum atomic E-state index is 5.79. The molecule has 0 fully saturated rings. The van der Waals surface area contributed by atoms with Gasteiger partial charge in [-0.1, -0.05) is 28.1 Å². The normalized spacial score (nSPS) is 25.5. The number of likely N-dealkylation sites (N-methyl/N-ethyl adjacent to an activating group) is 1. The lowest BCUT2D eigenvalue weighted by molar-refractivity contribution is 0.267. The van der Waals surface area contributed by atoms with E-state index < -0.39 is 0 Å². The molecule has 1 atom stereocenters. The Kier molecular flexibility index (Phi) is 2.46. The molecule has 0 aromatic heterocycles. The second kappa shape index (κ2) is 3.52. The number of hydrogen-bond acceptors (Lipinski definition) is 3. The second-order valence-corrected chi connectivity index (χ2v) is 4.93. The monoisotopic (exact) mass is 267 g/mol. The Balaban J connectivity index is 2.40. The highest BCUT2D eigenvalue weighted by Gasteiger charge is 2.36. The molecule has 4 heteroatoms. The highest BCUT2D eigenvalue weighted by atomic mass is 79.9. The van der Waals surface area contributed by atoms with Crippen molar-refractivity contribution in [2.45, 2.75) is 12.5 Å². The summed E-state index contributed by atoms with van der Waals surface area (Å²) >= 11 is 3.48. The van der Waals surface area contributed by atoms with Crippen LogP contribution >= 0.6 is 15.9 Å². The fourth-order valence-electron chi connectivity index (χ4n) is 1.81. The summed E-state index contributed by atoms with van der Waals surface area (Å²) in [5, 5.41) is 0. The summed E-state index contributed by atoms with van der Waals surface area (Å²) in [7, 11) is 1.98. The summed E-state index contributed by atoms with van der Waals surface area (Å²) in [6.07, 6.45) is 0. The van der Waals surface area contributed by atoms with Gasteiger partial charge in [0.2, 0.25) is 0 Å². The van der Waals surface area contributed by atoms with Crippen molar-refractivity contribution in [3.8, 4) is 0 Å². The van der Waals surface area contributed by atoms with Crippen molar-refractivity contribution in [2.75, 3.05) is 13.6 Å². The minimum atomic E-state index is -0.117. The lowest BCUT2D eigenvalue weighted by atomic mass is 9.92. The Hall–Kier alpha value is -1.03. The van der Waals surface area contributed by atoms with Crippen LogP contribution in [0.25, 0.3) is 0 Å². The fourth-order valence-corrected chi connectivity index (χ4v) is 2.21. The third-order valence-corrected chi connectivity index (χ3v) is 3.57. The van der Waals surface area contributed by atoms with Crippen molar-refractivity contribution < 1.29 is 0 Å². The van der Waals surface area contributed by atoms with Crippen LogP contribution in [0.2, 0.25) is 0 Å². The predicted molar refractivity (Wildman–Crippen MR) is 65.7 cm³/mol. The van der Waals surface area contributed by atoms with Crippen LogP contribution in [-0.4, -0.2) is 24.5 Å². The van der Waals surface area contributed by atoms with E-state index in [0.717, 1.165) is 4.47 Å². The number of nitrogens with two attached hydrogens (primary N) is 1. The third-order valence-electron chi connectivity index (χ3n) is 3.08. The van der Waals surface area contributed by atoms with E-state index in [2.05, 4.69) is 40.0 Å². The first-order chi connectivity index (χ1) is 7.04. The first kappa shape index (κ1) is 10.5. The predicted octanol–water partition coefficient (Wildman–Crippen LogP) is 1.92. The molecule has 2 N–H and O–H groups in total. The number of nitrogens with zero attached hydrogens (tertiary/aromatic N) is 2. The van der Waals surface area contributed by atoms with Gasteiger partial charge in [0.25, 0.3) is 0 Å². The molecule has 3 nitrogen and oxygen atoms in total. The average Bonchev–Trinajstić information content (AvgIpc) is 2.48. The van der Waals surface area contributed by atoms with Gasteiger partial charge in [-0.15, -0.1) is 0 Å². The Morgan fingerprint density at radius 3 is 2.80 bits per heavy atom. The smallest absolute Gasteiger partial charge is 0.191 e. The molecule has 80 valence electrons. The molecule has 1 aliphatic heterocycles. The van der Waals surface area contributed by atoms with E-state index in [-0.39, 0.29) is 5.54 Å². The summed E-state index contributed by atoms with van der Waals surface area (Å²) in [4.78, 5) is 6.30. The SMILES string of the molecule is CN1C(N)=NCC1(C)c1cccc(Br)c1. The van der Waals surface area contributed by atoms with E-state index in [1.165, 1.54) is 5.56 Å². The molecule has 1 aromatic carbocycles. The van der Waals surface area contributed by atoms with E-state index >= 15 is 0 Å². The molecule has 1 aliphatic rings. The van der Waals surface area contributed by atoms with E-state index in [9.17, 15) is 0 Å². The molecule has 1 unspecified atom stereocenters. The number of halogens is 1. The van der Waals surface area contributed by atoms with E-state index in [1.807, 2.05) is 24.1 Å². The van der Waals surface area contributed by atoms with E-state index in [4.69, 9.17) is 5.73 Å². The highest BCUT2D eigenvalue weighted by Crippen LogP contribution is 2.32. The lowest BCUT2D eigenvalue weighted by Crippen LogP contribution is -2.44. The van der Waals surface area contributed by atoms with Crippen molar-refractivity contribution >= 4 is 21.9 Å². The van der Waals surface area contributed by atoms with Gasteiger partial charge in [0.1, 0.15) is 0 Å². The molecule has 0 amide bonds. The van der Waals surface area contributed by atoms with Crippen LogP contribution in [0.3, 0.4) is 0 Å². The van der Waals surface area contributed by atoms with Crippen molar-refractivity contribution in [3.63, 3.8) is 0 Å². The number of guanidine groups is 1. The topological polar surface area (TPSA) is 41.6 Å². The van der Waals surface area contributed by atoms with Gasteiger partial charge in [-0.25, -0.2) is 0 Å². The van der Waals surface area contributed by atoms with Crippen LogP contribution in [0, 0.1) is 0 Å². The molecule has 0 saturated carbocycles. The lowest BCUT2D eigenvalue weighted by Gasteiger charge is -2.33. The van der Waals surface area contributed by atoms with Gasteiger partial charge >= 0.3 is 0 Å². The minimum Gasteiger partial charge on any atom is -0.370 e. The quantitative estimate of drug-likeness (QED) is 0.845. The van der Waals surface area contributed by atoms with Gasteiger partial charge < -0.3 is 10.6 Å². The van der Waals surface area contributed by atoms with Crippen LogP contribution in [0.5, 0.6) is 0 Å². The second-order valence-electron chi connectivity index (χ2n) is 4.02. The maximum absolute atomic E-state index is 5.79.